The van der Waals surface area contributed by atoms with Gasteiger partial charge in [-0.3, -0.25) is 4.79 Å². The van der Waals surface area contributed by atoms with Crippen molar-refractivity contribution >= 4 is 48.7 Å². The number of benzene rings is 1. The van der Waals surface area contributed by atoms with Crippen LogP contribution in [0.5, 0.6) is 0 Å². The first kappa shape index (κ1) is 10.2. The first-order valence-electron chi connectivity index (χ1n) is 3.20. The lowest BCUT2D eigenvalue weighted by Crippen LogP contribution is -1.95. The van der Waals surface area contributed by atoms with Crippen LogP contribution in [0.4, 0.5) is 0 Å². The van der Waals surface area contributed by atoms with Crippen molar-refractivity contribution in [2.75, 3.05) is 0 Å². The van der Waals surface area contributed by atoms with Gasteiger partial charge in [0.05, 0.1) is 0 Å². The van der Waals surface area contributed by atoms with Gasteiger partial charge in [-0.25, -0.2) is 0 Å². The van der Waals surface area contributed by atoms with Crippen molar-refractivity contribution in [1.82, 2.24) is 0 Å². The molecular formula is C8H5Br2ClO. The Labute approximate surface area is 92.4 Å². The van der Waals surface area contributed by atoms with Crippen LogP contribution in [-0.4, -0.2) is 5.24 Å². The van der Waals surface area contributed by atoms with Crippen LogP contribution >= 0.6 is 43.5 Å². The maximum atomic E-state index is 10.9. The maximum Gasteiger partial charge on any atom is 0.252 e. The Morgan fingerprint density at radius 2 is 2.17 bits per heavy atom. The molecule has 0 aliphatic rings. The number of alkyl halides is 1. The highest BCUT2D eigenvalue weighted by Gasteiger charge is 2.09. The van der Waals surface area contributed by atoms with Gasteiger partial charge in [-0.1, -0.05) is 37.9 Å². The highest BCUT2D eigenvalue weighted by molar-refractivity contribution is 9.10. The van der Waals surface area contributed by atoms with Gasteiger partial charge in [0.15, 0.2) is 0 Å². The Bertz CT molecular complexity index is 312. The van der Waals surface area contributed by atoms with Crippen molar-refractivity contribution in [2.45, 2.75) is 5.33 Å². The molecule has 0 radical (unpaired) electrons. The summed E-state index contributed by atoms with van der Waals surface area (Å²) < 4.78 is 0.894. The molecule has 0 amide bonds. The zero-order valence-corrected chi connectivity index (χ0v) is 9.91. The molecule has 4 heteroatoms. The van der Waals surface area contributed by atoms with Crippen LogP contribution in [-0.2, 0) is 5.33 Å². The average molecular weight is 312 g/mol. The van der Waals surface area contributed by atoms with Crippen molar-refractivity contribution in [2.24, 2.45) is 0 Å². The average Bonchev–Trinajstić information content (AvgIpc) is 2.03. The lowest BCUT2D eigenvalue weighted by Gasteiger charge is -2.03. The minimum absolute atomic E-state index is 0.425. The van der Waals surface area contributed by atoms with Crippen molar-refractivity contribution in [3.05, 3.63) is 33.8 Å². The van der Waals surface area contributed by atoms with Crippen LogP contribution in [0.25, 0.3) is 0 Å². The summed E-state index contributed by atoms with van der Waals surface area (Å²) in [5.41, 5.74) is 1.43. The fourth-order valence-corrected chi connectivity index (χ4v) is 2.54. The molecule has 0 N–H and O–H groups in total. The van der Waals surface area contributed by atoms with Crippen LogP contribution in [0, 0.1) is 0 Å². The minimum Gasteiger partial charge on any atom is -0.276 e. The van der Waals surface area contributed by atoms with Gasteiger partial charge in [0.25, 0.3) is 5.24 Å². The monoisotopic (exact) mass is 310 g/mol. The fraction of sp³-hybridized carbons (Fsp3) is 0.125. The standard InChI is InChI=1S/C8H5Br2ClO/c9-4-6-5(8(11)12)2-1-3-7(6)10/h1-3H,4H2. The van der Waals surface area contributed by atoms with Gasteiger partial charge in [-0.2, -0.15) is 0 Å². The van der Waals surface area contributed by atoms with Crippen molar-refractivity contribution in [1.29, 1.82) is 0 Å². The van der Waals surface area contributed by atoms with Crippen LogP contribution in [0.2, 0.25) is 0 Å². The van der Waals surface area contributed by atoms with Crippen molar-refractivity contribution in [3.63, 3.8) is 0 Å². The molecule has 0 saturated heterocycles. The first-order valence-corrected chi connectivity index (χ1v) is 5.49. The van der Waals surface area contributed by atoms with E-state index in [-0.39, 0.29) is 0 Å². The summed E-state index contributed by atoms with van der Waals surface area (Å²) in [4.78, 5) is 10.9. The third-order valence-corrected chi connectivity index (χ3v) is 2.97. The molecule has 0 aromatic heterocycles. The lowest BCUT2D eigenvalue weighted by molar-refractivity contribution is 0.108. The number of halogens is 3. The zero-order chi connectivity index (χ0) is 9.14. The third kappa shape index (κ3) is 2.09. The first-order chi connectivity index (χ1) is 5.66. The van der Waals surface area contributed by atoms with E-state index in [2.05, 4.69) is 31.9 Å². The van der Waals surface area contributed by atoms with E-state index in [0.717, 1.165) is 10.0 Å². The second-order valence-corrected chi connectivity index (χ2v) is 3.93. The van der Waals surface area contributed by atoms with Gasteiger partial charge in [-0.15, -0.1) is 0 Å². The molecule has 0 atom stereocenters. The Hall–Kier alpha value is 0.140. The summed E-state index contributed by atoms with van der Waals surface area (Å²) in [5.74, 6) is 0. The van der Waals surface area contributed by atoms with Crippen LogP contribution in [0.3, 0.4) is 0 Å². The predicted octanol–water partition coefficient (Wildman–Crippen LogP) is 3.72. The smallest absolute Gasteiger partial charge is 0.252 e. The molecule has 1 aromatic rings. The summed E-state index contributed by atoms with van der Waals surface area (Å²) in [5, 5.41) is 0.188. The number of hydrogen-bond acceptors (Lipinski definition) is 1. The minimum atomic E-state index is -0.425. The molecule has 12 heavy (non-hydrogen) atoms. The van der Waals surface area contributed by atoms with Crippen LogP contribution in [0.15, 0.2) is 22.7 Å². The highest BCUT2D eigenvalue weighted by atomic mass is 79.9. The molecule has 0 aliphatic heterocycles. The van der Waals surface area contributed by atoms with Crippen LogP contribution < -0.4 is 0 Å². The van der Waals surface area contributed by atoms with E-state index in [1.165, 1.54) is 0 Å². The molecule has 0 bridgehead atoms. The molecule has 64 valence electrons. The number of rotatable bonds is 2. The molecule has 1 rings (SSSR count). The molecule has 1 aromatic carbocycles. The predicted molar refractivity (Wildman–Crippen MR) is 57.0 cm³/mol. The van der Waals surface area contributed by atoms with E-state index < -0.39 is 5.24 Å². The van der Waals surface area contributed by atoms with Crippen molar-refractivity contribution in [3.8, 4) is 0 Å². The second kappa shape index (κ2) is 4.40. The number of hydrogen-bond donors (Lipinski definition) is 0. The molecule has 0 spiro atoms. The van der Waals surface area contributed by atoms with Gasteiger partial charge in [-0.05, 0) is 29.3 Å². The SMILES string of the molecule is O=C(Cl)c1cccc(Br)c1CBr. The number of carbonyl (C=O) groups excluding carboxylic acids is 1. The van der Waals surface area contributed by atoms with E-state index >= 15 is 0 Å². The van der Waals surface area contributed by atoms with Crippen LogP contribution in [0.1, 0.15) is 15.9 Å². The fourth-order valence-electron chi connectivity index (χ4n) is 0.879. The Morgan fingerprint density at radius 1 is 1.50 bits per heavy atom. The van der Waals surface area contributed by atoms with Gasteiger partial charge in [0.1, 0.15) is 0 Å². The summed E-state index contributed by atoms with van der Waals surface area (Å²) >= 11 is 12.0. The molecule has 0 saturated carbocycles. The second-order valence-electron chi connectivity index (χ2n) is 2.17. The molecule has 0 unspecified atom stereocenters. The largest absolute Gasteiger partial charge is 0.276 e. The maximum absolute atomic E-state index is 10.9. The van der Waals surface area contributed by atoms with Gasteiger partial charge in [0.2, 0.25) is 0 Å². The molecule has 0 heterocycles. The highest BCUT2D eigenvalue weighted by Crippen LogP contribution is 2.24. The summed E-state index contributed by atoms with van der Waals surface area (Å²) in [6, 6.07) is 5.36. The zero-order valence-electron chi connectivity index (χ0n) is 5.98. The lowest BCUT2D eigenvalue weighted by atomic mass is 10.1. The molecule has 1 nitrogen and oxygen atoms in total. The van der Waals surface area contributed by atoms with Gasteiger partial charge in [0, 0.05) is 15.4 Å². The molecule has 0 fully saturated rings. The number of carbonyl (C=O) groups is 1. The van der Waals surface area contributed by atoms with E-state index in [4.69, 9.17) is 11.6 Å². The molecular weight excluding hydrogens is 307 g/mol. The van der Waals surface area contributed by atoms with E-state index in [1.807, 2.05) is 6.07 Å². The summed E-state index contributed by atoms with van der Waals surface area (Å²) in [6.07, 6.45) is 0. The Kier molecular flexibility index (Phi) is 3.75. The quantitative estimate of drug-likeness (QED) is 0.601. The summed E-state index contributed by atoms with van der Waals surface area (Å²) in [7, 11) is 0. The van der Waals surface area contributed by atoms with E-state index in [0.29, 0.717) is 10.9 Å². The van der Waals surface area contributed by atoms with Crippen molar-refractivity contribution < 1.29 is 4.79 Å². The topological polar surface area (TPSA) is 17.1 Å². The van der Waals surface area contributed by atoms with Gasteiger partial charge < -0.3 is 0 Å². The van der Waals surface area contributed by atoms with Gasteiger partial charge >= 0.3 is 0 Å². The third-order valence-electron chi connectivity index (χ3n) is 1.46. The van der Waals surface area contributed by atoms with E-state index in [1.54, 1.807) is 12.1 Å². The summed E-state index contributed by atoms with van der Waals surface area (Å²) in [6.45, 7) is 0. The normalized spacial score (nSPS) is 9.92. The Morgan fingerprint density at radius 3 is 2.58 bits per heavy atom. The van der Waals surface area contributed by atoms with E-state index in [9.17, 15) is 4.79 Å². The molecule has 0 aliphatic carbocycles. The Balaban J connectivity index is 3.27.